The summed E-state index contributed by atoms with van der Waals surface area (Å²) >= 11 is 5.98. The average molecular weight is 454 g/mol. The van der Waals surface area contributed by atoms with Crippen molar-refractivity contribution in [1.82, 2.24) is 5.32 Å². The monoisotopic (exact) mass is 453 g/mol. The first-order valence-corrected chi connectivity index (χ1v) is 11.0. The number of benzene rings is 3. The molecular weight excluding hydrogens is 426 g/mol. The summed E-state index contributed by atoms with van der Waals surface area (Å²) in [6.07, 6.45) is -1.61. The molecule has 0 amide bonds. The van der Waals surface area contributed by atoms with E-state index in [0.717, 1.165) is 28.7 Å². The Morgan fingerprint density at radius 1 is 0.938 bits per heavy atom. The minimum Gasteiger partial charge on any atom is -0.451 e. The Balaban J connectivity index is 1.57. The van der Waals surface area contributed by atoms with E-state index in [2.05, 4.69) is 5.32 Å². The van der Waals surface area contributed by atoms with Gasteiger partial charge in [0.2, 0.25) is 0 Å². The molecule has 168 valence electrons. The first kappa shape index (κ1) is 24.0. The highest BCUT2D eigenvalue weighted by Crippen LogP contribution is 2.27. The molecule has 32 heavy (non-hydrogen) atoms. The van der Waals surface area contributed by atoms with Crippen LogP contribution < -0.4 is 5.32 Å². The Bertz CT molecular complexity index is 992. The number of hydrogen-bond donors (Lipinski definition) is 3. The Kier molecular flexibility index (Phi) is 8.82. The van der Waals surface area contributed by atoms with Crippen LogP contribution in [0.1, 0.15) is 41.4 Å². The van der Waals surface area contributed by atoms with Gasteiger partial charge in [-0.05, 0) is 54.3 Å². The standard InChI is InChI=1S/C26H28ClNO4/c1-18(29)26(31)32-25(20-6-3-2-4-7-20)21-12-10-19(11-13-21)14-15-28-17-24(30)22-8-5-9-23(27)16-22/h2-13,16,18,24-25,28-30H,14-15,17H2,1H3. The predicted molar refractivity (Wildman–Crippen MR) is 125 cm³/mol. The lowest BCUT2D eigenvalue weighted by Gasteiger charge is -2.20. The molecule has 0 aliphatic rings. The van der Waals surface area contributed by atoms with Gasteiger partial charge < -0.3 is 20.3 Å². The number of carbonyl (C=O) groups is 1. The number of aliphatic hydroxyl groups excluding tert-OH is 2. The quantitative estimate of drug-likeness (QED) is 0.316. The van der Waals surface area contributed by atoms with Crippen LogP contribution in [0.15, 0.2) is 78.9 Å². The number of nitrogens with one attached hydrogen (secondary N) is 1. The van der Waals surface area contributed by atoms with E-state index in [1.165, 1.54) is 6.92 Å². The molecule has 5 nitrogen and oxygen atoms in total. The zero-order chi connectivity index (χ0) is 22.9. The summed E-state index contributed by atoms with van der Waals surface area (Å²) in [6, 6.07) is 24.5. The zero-order valence-corrected chi connectivity index (χ0v) is 18.7. The molecule has 6 heteroatoms. The fourth-order valence-electron chi connectivity index (χ4n) is 3.33. The third-order valence-electron chi connectivity index (χ3n) is 5.12. The van der Waals surface area contributed by atoms with Gasteiger partial charge in [-0.25, -0.2) is 4.79 Å². The van der Waals surface area contributed by atoms with Crippen LogP contribution >= 0.6 is 11.6 Å². The number of hydrogen-bond acceptors (Lipinski definition) is 5. The Labute approximate surface area is 193 Å². The van der Waals surface area contributed by atoms with Crippen LogP contribution in [0.25, 0.3) is 0 Å². The van der Waals surface area contributed by atoms with Crippen molar-refractivity contribution in [3.8, 4) is 0 Å². The topological polar surface area (TPSA) is 78.8 Å². The van der Waals surface area contributed by atoms with Crippen molar-refractivity contribution in [1.29, 1.82) is 0 Å². The van der Waals surface area contributed by atoms with Gasteiger partial charge in [-0.3, -0.25) is 0 Å². The van der Waals surface area contributed by atoms with E-state index in [4.69, 9.17) is 16.3 Å². The molecule has 0 aliphatic carbocycles. The molecule has 0 aromatic heterocycles. The highest BCUT2D eigenvalue weighted by Gasteiger charge is 2.21. The van der Waals surface area contributed by atoms with Gasteiger partial charge in [0, 0.05) is 11.6 Å². The number of ether oxygens (including phenoxy) is 1. The predicted octanol–water partition coefficient (Wildman–Crippen LogP) is 4.22. The number of rotatable bonds is 10. The molecule has 0 bridgehead atoms. The van der Waals surface area contributed by atoms with Gasteiger partial charge in [-0.2, -0.15) is 0 Å². The average Bonchev–Trinajstić information content (AvgIpc) is 2.81. The SMILES string of the molecule is CC(O)C(=O)OC(c1ccccc1)c1ccc(CCNCC(O)c2cccc(Cl)c2)cc1. The normalized spacial score (nSPS) is 13.9. The van der Waals surface area contributed by atoms with Gasteiger partial charge in [0.05, 0.1) is 6.10 Å². The summed E-state index contributed by atoms with van der Waals surface area (Å²) in [4.78, 5) is 12.0. The number of aliphatic hydroxyl groups is 2. The van der Waals surface area contributed by atoms with E-state index >= 15 is 0 Å². The Morgan fingerprint density at radius 2 is 1.59 bits per heavy atom. The van der Waals surface area contributed by atoms with Crippen LogP contribution in [0.4, 0.5) is 0 Å². The summed E-state index contributed by atoms with van der Waals surface area (Å²) in [5.41, 5.74) is 3.57. The summed E-state index contributed by atoms with van der Waals surface area (Å²) in [7, 11) is 0. The molecule has 0 fully saturated rings. The third-order valence-corrected chi connectivity index (χ3v) is 5.36. The fourth-order valence-corrected chi connectivity index (χ4v) is 3.53. The molecule has 3 N–H and O–H groups in total. The number of carbonyl (C=O) groups excluding carboxylic acids is 1. The van der Waals surface area contributed by atoms with E-state index in [1.807, 2.05) is 66.7 Å². The van der Waals surface area contributed by atoms with Crippen LogP contribution in [0.2, 0.25) is 5.02 Å². The van der Waals surface area contributed by atoms with Crippen LogP contribution in [-0.4, -0.2) is 35.4 Å². The molecule has 3 atom stereocenters. The van der Waals surface area contributed by atoms with Crippen LogP contribution in [0, 0.1) is 0 Å². The molecule has 3 rings (SSSR count). The van der Waals surface area contributed by atoms with Gasteiger partial charge in [0.15, 0.2) is 6.10 Å². The maximum absolute atomic E-state index is 12.0. The van der Waals surface area contributed by atoms with Gasteiger partial charge in [-0.15, -0.1) is 0 Å². The lowest BCUT2D eigenvalue weighted by atomic mass is 9.99. The first-order valence-electron chi connectivity index (χ1n) is 10.6. The van der Waals surface area contributed by atoms with E-state index in [-0.39, 0.29) is 0 Å². The van der Waals surface area contributed by atoms with Crippen molar-refractivity contribution >= 4 is 17.6 Å². The second kappa shape index (κ2) is 11.8. The molecule has 0 saturated heterocycles. The lowest BCUT2D eigenvalue weighted by molar-refractivity contribution is -0.156. The molecule has 3 aromatic rings. The molecule has 3 unspecified atom stereocenters. The second-order valence-corrected chi connectivity index (χ2v) is 8.11. The number of esters is 1. The third kappa shape index (κ3) is 6.90. The summed E-state index contributed by atoms with van der Waals surface area (Å²) in [5.74, 6) is -0.662. The molecule has 0 heterocycles. The maximum atomic E-state index is 12.0. The Morgan fingerprint density at radius 3 is 2.25 bits per heavy atom. The summed E-state index contributed by atoms with van der Waals surface area (Å²) < 4.78 is 5.56. The van der Waals surface area contributed by atoms with E-state index in [0.29, 0.717) is 18.1 Å². The van der Waals surface area contributed by atoms with Gasteiger partial charge in [0.25, 0.3) is 0 Å². The largest absolute Gasteiger partial charge is 0.451 e. The van der Waals surface area contributed by atoms with Crippen molar-refractivity contribution in [2.75, 3.05) is 13.1 Å². The van der Waals surface area contributed by atoms with E-state index < -0.39 is 24.3 Å². The Hall–Kier alpha value is -2.70. The minimum atomic E-state index is -1.19. The second-order valence-electron chi connectivity index (χ2n) is 7.67. The molecule has 0 aliphatic heterocycles. The highest BCUT2D eigenvalue weighted by molar-refractivity contribution is 6.30. The van der Waals surface area contributed by atoms with Crippen molar-refractivity contribution in [3.63, 3.8) is 0 Å². The van der Waals surface area contributed by atoms with Crippen molar-refractivity contribution in [2.24, 2.45) is 0 Å². The smallest absolute Gasteiger partial charge is 0.335 e. The maximum Gasteiger partial charge on any atom is 0.335 e. The number of halogens is 1. The molecule has 3 aromatic carbocycles. The molecule has 0 spiro atoms. The zero-order valence-electron chi connectivity index (χ0n) is 17.9. The van der Waals surface area contributed by atoms with Gasteiger partial charge in [0.1, 0.15) is 6.10 Å². The van der Waals surface area contributed by atoms with Crippen molar-refractivity contribution in [3.05, 3.63) is 106 Å². The van der Waals surface area contributed by atoms with Crippen LogP contribution in [-0.2, 0) is 16.0 Å². The molecule has 0 saturated carbocycles. The molecule has 0 radical (unpaired) electrons. The van der Waals surface area contributed by atoms with Crippen molar-refractivity contribution in [2.45, 2.75) is 31.7 Å². The first-order chi connectivity index (χ1) is 15.4. The summed E-state index contributed by atoms with van der Waals surface area (Å²) in [6.45, 7) is 2.53. The van der Waals surface area contributed by atoms with Gasteiger partial charge >= 0.3 is 5.97 Å². The van der Waals surface area contributed by atoms with Crippen LogP contribution in [0.3, 0.4) is 0 Å². The summed E-state index contributed by atoms with van der Waals surface area (Å²) in [5, 5.41) is 23.7. The fraction of sp³-hybridized carbons (Fsp3) is 0.269. The minimum absolute atomic E-state index is 0.434. The van der Waals surface area contributed by atoms with Crippen LogP contribution in [0.5, 0.6) is 0 Å². The van der Waals surface area contributed by atoms with Crippen molar-refractivity contribution < 1.29 is 19.7 Å². The van der Waals surface area contributed by atoms with E-state index in [1.54, 1.807) is 12.1 Å². The molecular formula is C26H28ClNO4. The lowest BCUT2D eigenvalue weighted by Crippen LogP contribution is -2.24. The van der Waals surface area contributed by atoms with Gasteiger partial charge in [-0.1, -0.05) is 78.3 Å². The van der Waals surface area contributed by atoms with E-state index in [9.17, 15) is 15.0 Å². The highest BCUT2D eigenvalue weighted by atomic mass is 35.5.